The number of hydrogen-bond acceptors (Lipinski definition) is 4. The molecule has 1 aromatic rings. The van der Waals surface area contributed by atoms with Gasteiger partial charge in [0.25, 0.3) is 0 Å². The number of methoxy groups -OCH3 is 1. The summed E-state index contributed by atoms with van der Waals surface area (Å²) >= 11 is 0. The van der Waals surface area contributed by atoms with Crippen molar-refractivity contribution in [1.29, 1.82) is 0 Å². The third-order valence-electron chi connectivity index (χ3n) is 2.28. The average Bonchev–Trinajstić information content (AvgIpc) is 2.75. The molecule has 0 aliphatic heterocycles. The highest BCUT2D eigenvalue weighted by Gasteiger charge is 2.38. The molecule has 2 unspecified atom stereocenters. The van der Waals surface area contributed by atoms with Crippen LogP contribution >= 0.6 is 0 Å². The summed E-state index contributed by atoms with van der Waals surface area (Å²) < 4.78 is 51.1. The van der Waals surface area contributed by atoms with Crippen molar-refractivity contribution in [2.75, 3.05) is 7.11 Å². The summed E-state index contributed by atoms with van der Waals surface area (Å²) in [6, 6.07) is 2.69. The van der Waals surface area contributed by atoms with E-state index in [-0.39, 0.29) is 11.5 Å². The van der Waals surface area contributed by atoms with Gasteiger partial charge in [-0.3, -0.25) is 0 Å². The quantitative estimate of drug-likeness (QED) is 0.786. The molecule has 1 heterocycles. The molecule has 1 rings (SSSR count). The lowest BCUT2D eigenvalue weighted by Gasteiger charge is -2.19. The van der Waals surface area contributed by atoms with Gasteiger partial charge in [-0.15, -0.1) is 0 Å². The van der Waals surface area contributed by atoms with Gasteiger partial charge in [-0.25, -0.2) is 4.79 Å². The van der Waals surface area contributed by atoms with Gasteiger partial charge in [0.1, 0.15) is 11.9 Å². The first kappa shape index (κ1) is 14.6. The van der Waals surface area contributed by atoms with Crippen LogP contribution in [0.3, 0.4) is 0 Å². The number of esters is 1. The van der Waals surface area contributed by atoms with Gasteiger partial charge in [-0.2, -0.15) is 13.2 Å². The molecule has 0 fully saturated rings. The smallest absolute Gasteiger partial charge is 0.414 e. The maximum atomic E-state index is 12.3. The fourth-order valence-electron chi connectivity index (χ4n) is 1.23. The van der Waals surface area contributed by atoms with Gasteiger partial charge in [0.05, 0.1) is 7.11 Å². The summed E-state index contributed by atoms with van der Waals surface area (Å²) in [4.78, 5) is 11.1. The Bertz CT molecular complexity index is 411. The first-order chi connectivity index (χ1) is 8.25. The van der Waals surface area contributed by atoms with Crippen molar-refractivity contribution in [3.05, 3.63) is 23.7 Å². The summed E-state index contributed by atoms with van der Waals surface area (Å²) in [5.74, 6) is -0.647. The van der Waals surface area contributed by atoms with Crippen molar-refractivity contribution in [2.45, 2.75) is 32.2 Å². The fraction of sp³-hybridized carbons (Fsp3) is 0.545. The second kappa shape index (κ2) is 5.43. The Morgan fingerprint density at radius 1 is 1.33 bits per heavy atom. The summed E-state index contributed by atoms with van der Waals surface area (Å²) in [5, 5.41) is 0. The number of rotatable bonds is 4. The number of hydrogen-bond donors (Lipinski definition) is 0. The van der Waals surface area contributed by atoms with Crippen LogP contribution in [0.5, 0.6) is 0 Å². The molecule has 0 aromatic carbocycles. The zero-order chi connectivity index (χ0) is 13.9. The molecule has 1 aromatic heterocycles. The van der Waals surface area contributed by atoms with Crippen molar-refractivity contribution in [3.63, 3.8) is 0 Å². The third-order valence-corrected chi connectivity index (χ3v) is 2.28. The van der Waals surface area contributed by atoms with E-state index in [9.17, 15) is 18.0 Å². The molecule has 0 N–H and O–H groups in total. The lowest BCUT2D eigenvalue weighted by molar-refractivity contribution is -0.227. The van der Waals surface area contributed by atoms with Gasteiger partial charge < -0.3 is 13.9 Å². The fourth-order valence-corrected chi connectivity index (χ4v) is 1.23. The van der Waals surface area contributed by atoms with Crippen LogP contribution in [0.1, 0.15) is 36.3 Å². The van der Waals surface area contributed by atoms with Crippen molar-refractivity contribution in [2.24, 2.45) is 0 Å². The molecule has 0 saturated heterocycles. The normalized spacial score (nSPS) is 15.2. The number of carbonyl (C=O) groups excluding carboxylic acids is 1. The molecule has 0 aliphatic rings. The highest BCUT2D eigenvalue weighted by atomic mass is 19.4. The van der Waals surface area contributed by atoms with Gasteiger partial charge in [0.15, 0.2) is 6.10 Å². The van der Waals surface area contributed by atoms with Crippen LogP contribution < -0.4 is 0 Å². The Labute approximate surface area is 102 Å². The molecule has 0 spiro atoms. The Morgan fingerprint density at radius 2 is 1.94 bits per heavy atom. The second-order valence-electron chi connectivity index (χ2n) is 3.66. The highest BCUT2D eigenvalue weighted by molar-refractivity contribution is 5.86. The number of ether oxygens (including phenoxy) is 2. The zero-order valence-electron chi connectivity index (χ0n) is 10.1. The highest BCUT2D eigenvalue weighted by Crippen LogP contribution is 2.28. The van der Waals surface area contributed by atoms with E-state index < -0.39 is 24.4 Å². The first-order valence-corrected chi connectivity index (χ1v) is 5.16. The minimum atomic E-state index is -4.44. The van der Waals surface area contributed by atoms with E-state index in [1.807, 2.05) is 0 Å². The SMILES string of the molecule is COC(=O)c1ccc(C(C)OC(C)C(F)(F)F)o1. The number of alkyl halides is 3. The van der Waals surface area contributed by atoms with E-state index in [1.165, 1.54) is 26.2 Å². The zero-order valence-corrected chi connectivity index (χ0v) is 10.1. The van der Waals surface area contributed by atoms with E-state index in [1.54, 1.807) is 0 Å². The lowest BCUT2D eigenvalue weighted by atomic mass is 10.3. The molecule has 4 nitrogen and oxygen atoms in total. The van der Waals surface area contributed by atoms with E-state index >= 15 is 0 Å². The van der Waals surface area contributed by atoms with Crippen LogP contribution in [0.25, 0.3) is 0 Å². The maximum absolute atomic E-state index is 12.3. The second-order valence-corrected chi connectivity index (χ2v) is 3.66. The van der Waals surface area contributed by atoms with Crippen LogP contribution in [-0.2, 0) is 9.47 Å². The van der Waals surface area contributed by atoms with Crippen LogP contribution in [-0.4, -0.2) is 25.4 Å². The van der Waals surface area contributed by atoms with Crippen molar-refractivity contribution < 1.29 is 31.9 Å². The number of halogens is 3. The third kappa shape index (κ3) is 3.49. The molecule has 0 radical (unpaired) electrons. The van der Waals surface area contributed by atoms with E-state index in [0.29, 0.717) is 0 Å². The van der Waals surface area contributed by atoms with Crippen molar-refractivity contribution in [1.82, 2.24) is 0 Å². The molecule has 0 amide bonds. The lowest BCUT2D eigenvalue weighted by Crippen LogP contribution is -2.29. The predicted molar refractivity (Wildman–Crippen MR) is 55.1 cm³/mol. The molecule has 2 atom stereocenters. The van der Waals surface area contributed by atoms with Gasteiger partial charge in [0.2, 0.25) is 5.76 Å². The van der Waals surface area contributed by atoms with Crippen LogP contribution in [0, 0.1) is 0 Å². The van der Waals surface area contributed by atoms with Gasteiger partial charge in [-0.1, -0.05) is 0 Å². The van der Waals surface area contributed by atoms with Gasteiger partial charge >= 0.3 is 12.1 Å². The predicted octanol–water partition coefficient (Wildman–Crippen LogP) is 3.09. The molecular weight excluding hydrogens is 253 g/mol. The minimum absolute atomic E-state index is 0.0809. The first-order valence-electron chi connectivity index (χ1n) is 5.16. The van der Waals surface area contributed by atoms with Gasteiger partial charge in [-0.05, 0) is 26.0 Å². The summed E-state index contributed by atoms with van der Waals surface area (Å²) in [6.07, 6.45) is -7.27. The van der Waals surface area contributed by atoms with Crippen molar-refractivity contribution >= 4 is 5.97 Å². The molecule has 0 bridgehead atoms. The Hall–Kier alpha value is -1.50. The summed E-state index contributed by atoms with van der Waals surface area (Å²) in [6.45, 7) is 2.31. The topological polar surface area (TPSA) is 48.7 Å². The molecule has 102 valence electrons. The molecule has 7 heteroatoms. The molecule has 0 aliphatic carbocycles. The van der Waals surface area contributed by atoms with Crippen LogP contribution in [0.2, 0.25) is 0 Å². The minimum Gasteiger partial charge on any atom is -0.463 e. The van der Waals surface area contributed by atoms with E-state index in [4.69, 9.17) is 9.15 Å². The summed E-state index contributed by atoms with van der Waals surface area (Å²) in [5.41, 5.74) is 0. The summed E-state index contributed by atoms with van der Waals surface area (Å²) in [7, 11) is 1.18. The Morgan fingerprint density at radius 3 is 2.44 bits per heavy atom. The van der Waals surface area contributed by atoms with Gasteiger partial charge in [0, 0.05) is 0 Å². The molecular formula is C11H13F3O4. The Kier molecular flexibility index (Phi) is 4.39. The molecule has 0 saturated carbocycles. The Balaban J connectivity index is 2.70. The standard InChI is InChI=1S/C11H13F3O4/c1-6(17-7(2)11(12,13)14)8-4-5-9(18-8)10(15)16-3/h4-7H,1-3H3. The van der Waals surface area contributed by atoms with E-state index in [0.717, 1.165) is 6.92 Å². The number of furan rings is 1. The van der Waals surface area contributed by atoms with Crippen molar-refractivity contribution in [3.8, 4) is 0 Å². The largest absolute Gasteiger partial charge is 0.463 e. The number of carbonyl (C=O) groups is 1. The molecule has 18 heavy (non-hydrogen) atoms. The van der Waals surface area contributed by atoms with E-state index in [2.05, 4.69) is 4.74 Å². The maximum Gasteiger partial charge on any atom is 0.414 e. The van der Waals surface area contributed by atoms with Crippen LogP contribution in [0.4, 0.5) is 13.2 Å². The monoisotopic (exact) mass is 266 g/mol. The van der Waals surface area contributed by atoms with Crippen LogP contribution in [0.15, 0.2) is 16.5 Å². The average molecular weight is 266 g/mol.